The van der Waals surface area contributed by atoms with Gasteiger partial charge in [-0.05, 0) is 48.7 Å². The molecule has 0 aromatic heterocycles. The summed E-state index contributed by atoms with van der Waals surface area (Å²) in [5, 5.41) is 8.93. The van der Waals surface area contributed by atoms with E-state index in [0.717, 1.165) is 16.9 Å². The molecule has 2 rings (SSSR count). The summed E-state index contributed by atoms with van der Waals surface area (Å²) in [6.07, 6.45) is 0. The number of carboxylic acid groups (broad SMARTS) is 1. The number of aromatic carboxylic acids is 1. The van der Waals surface area contributed by atoms with Gasteiger partial charge in [-0.1, -0.05) is 24.3 Å². The van der Waals surface area contributed by atoms with Crippen LogP contribution in [0, 0.1) is 13.8 Å². The third kappa shape index (κ3) is 3.13. The molecule has 0 fully saturated rings. The van der Waals surface area contributed by atoms with E-state index < -0.39 is 5.97 Å². The number of carbonyl (C=O) groups is 1. The van der Waals surface area contributed by atoms with E-state index in [1.54, 1.807) is 18.2 Å². The Morgan fingerprint density at radius 2 is 1.89 bits per heavy atom. The van der Waals surface area contributed by atoms with Crippen molar-refractivity contribution in [2.75, 3.05) is 0 Å². The van der Waals surface area contributed by atoms with Gasteiger partial charge < -0.3 is 9.84 Å². The standard InChI is InChI=1S/C16H16O3/c1-11-5-3-8-15(12(11)2)19-10-13-6-4-7-14(9-13)16(17)18/h3-9H,10H2,1-2H3,(H,17,18). The van der Waals surface area contributed by atoms with Gasteiger partial charge in [0.05, 0.1) is 5.56 Å². The van der Waals surface area contributed by atoms with Crippen molar-refractivity contribution in [1.82, 2.24) is 0 Å². The van der Waals surface area contributed by atoms with Crippen molar-refractivity contribution in [3.8, 4) is 5.75 Å². The van der Waals surface area contributed by atoms with E-state index in [1.807, 2.05) is 38.1 Å². The first-order valence-electron chi connectivity index (χ1n) is 6.09. The molecule has 0 aliphatic carbocycles. The lowest BCUT2D eigenvalue weighted by Crippen LogP contribution is -2.01. The molecule has 1 N–H and O–H groups in total. The van der Waals surface area contributed by atoms with Crippen molar-refractivity contribution >= 4 is 5.97 Å². The van der Waals surface area contributed by atoms with Crippen LogP contribution in [0.3, 0.4) is 0 Å². The number of carboxylic acids is 1. The molecule has 0 radical (unpaired) electrons. The maximum atomic E-state index is 10.9. The van der Waals surface area contributed by atoms with Gasteiger partial charge >= 0.3 is 5.97 Å². The topological polar surface area (TPSA) is 46.5 Å². The summed E-state index contributed by atoms with van der Waals surface area (Å²) in [6, 6.07) is 12.7. The van der Waals surface area contributed by atoms with Crippen LogP contribution in [0.4, 0.5) is 0 Å². The summed E-state index contributed by atoms with van der Waals surface area (Å²) in [5.74, 6) is -0.0886. The summed E-state index contributed by atoms with van der Waals surface area (Å²) in [5.41, 5.74) is 3.41. The highest BCUT2D eigenvalue weighted by atomic mass is 16.5. The lowest BCUT2D eigenvalue weighted by Gasteiger charge is -2.11. The van der Waals surface area contributed by atoms with Gasteiger partial charge in [0.1, 0.15) is 12.4 Å². The minimum Gasteiger partial charge on any atom is -0.489 e. The molecular weight excluding hydrogens is 240 g/mol. The smallest absolute Gasteiger partial charge is 0.335 e. The maximum Gasteiger partial charge on any atom is 0.335 e. The SMILES string of the molecule is Cc1cccc(OCc2cccc(C(=O)O)c2)c1C. The van der Waals surface area contributed by atoms with Crippen LogP contribution < -0.4 is 4.74 Å². The fourth-order valence-corrected chi connectivity index (χ4v) is 1.84. The Morgan fingerprint density at radius 1 is 1.16 bits per heavy atom. The fraction of sp³-hybridized carbons (Fsp3) is 0.188. The summed E-state index contributed by atoms with van der Waals surface area (Å²) < 4.78 is 5.75. The molecule has 0 unspecified atom stereocenters. The minimum absolute atomic E-state index is 0.280. The predicted octanol–water partition coefficient (Wildman–Crippen LogP) is 3.58. The lowest BCUT2D eigenvalue weighted by molar-refractivity contribution is 0.0696. The fourth-order valence-electron chi connectivity index (χ4n) is 1.84. The van der Waals surface area contributed by atoms with Gasteiger partial charge in [0, 0.05) is 0 Å². The Labute approximate surface area is 112 Å². The molecule has 0 aliphatic rings. The second-order valence-electron chi connectivity index (χ2n) is 4.49. The summed E-state index contributed by atoms with van der Waals surface area (Å²) in [6.45, 7) is 4.41. The number of ether oxygens (including phenoxy) is 1. The van der Waals surface area contributed by atoms with Crippen molar-refractivity contribution in [1.29, 1.82) is 0 Å². The molecule has 0 saturated heterocycles. The molecule has 0 bridgehead atoms. The Morgan fingerprint density at radius 3 is 2.63 bits per heavy atom. The van der Waals surface area contributed by atoms with Gasteiger partial charge in [-0.3, -0.25) is 0 Å². The third-order valence-corrected chi connectivity index (χ3v) is 3.12. The lowest BCUT2D eigenvalue weighted by atomic mass is 10.1. The molecule has 3 nitrogen and oxygen atoms in total. The highest BCUT2D eigenvalue weighted by Gasteiger charge is 2.05. The molecule has 0 saturated carbocycles. The van der Waals surface area contributed by atoms with E-state index in [0.29, 0.717) is 6.61 Å². The summed E-state index contributed by atoms with van der Waals surface area (Å²) in [7, 11) is 0. The van der Waals surface area contributed by atoms with Crippen LogP contribution in [0.25, 0.3) is 0 Å². The number of rotatable bonds is 4. The van der Waals surface area contributed by atoms with Crippen molar-refractivity contribution in [3.05, 3.63) is 64.7 Å². The molecular formula is C16H16O3. The summed E-state index contributed by atoms with van der Waals surface area (Å²) in [4.78, 5) is 10.9. The van der Waals surface area contributed by atoms with Crippen LogP contribution in [0.15, 0.2) is 42.5 Å². The summed E-state index contributed by atoms with van der Waals surface area (Å²) >= 11 is 0. The first-order chi connectivity index (χ1) is 9.08. The van der Waals surface area contributed by atoms with Crippen LogP contribution in [0.1, 0.15) is 27.0 Å². The Balaban J connectivity index is 2.12. The normalized spacial score (nSPS) is 10.2. The van der Waals surface area contributed by atoms with Crippen LogP contribution in [0.5, 0.6) is 5.75 Å². The Bertz CT molecular complexity index is 603. The number of benzene rings is 2. The zero-order valence-electron chi connectivity index (χ0n) is 11.0. The molecule has 98 valence electrons. The van der Waals surface area contributed by atoms with Crippen LogP contribution >= 0.6 is 0 Å². The molecule has 0 spiro atoms. The van der Waals surface area contributed by atoms with Crippen molar-refractivity contribution in [2.45, 2.75) is 20.5 Å². The molecule has 2 aromatic carbocycles. The third-order valence-electron chi connectivity index (χ3n) is 3.12. The largest absolute Gasteiger partial charge is 0.489 e. The van der Waals surface area contributed by atoms with E-state index in [2.05, 4.69) is 0 Å². The molecule has 3 heteroatoms. The van der Waals surface area contributed by atoms with Crippen molar-refractivity contribution in [3.63, 3.8) is 0 Å². The Kier molecular flexibility index (Phi) is 3.85. The molecule has 0 amide bonds. The molecule has 0 heterocycles. The maximum absolute atomic E-state index is 10.9. The van der Waals surface area contributed by atoms with Crippen LogP contribution in [-0.2, 0) is 6.61 Å². The minimum atomic E-state index is -0.923. The highest BCUT2D eigenvalue weighted by molar-refractivity contribution is 5.87. The molecule has 0 aliphatic heterocycles. The highest BCUT2D eigenvalue weighted by Crippen LogP contribution is 2.21. The van der Waals surface area contributed by atoms with Gasteiger partial charge in [0.25, 0.3) is 0 Å². The van der Waals surface area contributed by atoms with Crippen LogP contribution in [0.2, 0.25) is 0 Å². The van der Waals surface area contributed by atoms with Gasteiger partial charge in [-0.25, -0.2) is 4.79 Å². The number of aryl methyl sites for hydroxylation is 1. The zero-order chi connectivity index (χ0) is 13.8. The second kappa shape index (κ2) is 5.57. The van der Waals surface area contributed by atoms with E-state index >= 15 is 0 Å². The zero-order valence-corrected chi connectivity index (χ0v) is 11.0. The average molecular weight is 256 g/mol. The molecule has 19 heavy (non-hydrogen) atoms. The van der Waals surface area contributed by atoms with Gasteiger partial charge in [0.2, 0.25) is 0 Å². The average Bonchev–Trinajstić information content (AvgIpc) is 2.41. The van der Waals surface area contributed by atoms with Gasteiger partial charge in [0.15, 0.2) is 0 Å². The van der Waals surface area contributed by atoms with E-state index in [-0.39, 0.29) is 5.56 Å². The first-order valence-corrected chi connectivity index (χ1v) is 6.09. The molecule has 2 aromatic rings. The monoisotopic (exact) mass is 256 g/mol. The van der Waals surface area contributed by atoms with E-state index in [9.17, 15) is 4.79 Å². The Hall–Kier alpha value is -2.29. The second-order valence-corrected chi connectivity index (χ2v) is 4.49. The van der Waals surface area contributed by atoms with Gasteiger partial charge in [-0.15, -0.1) is 0 Å². The quantitative estimate of drug-likeness (QED) is 0.909. The van der Waals surface area contributed by atoms with E-state index in [1.165, 1.54) is 5.56 Å². The number of hydrogen-bond acceptors (Lipinski definition) is 2. The van der Waals surface area contributed by atoms with E-state index in [4.69, 9.17) is 9.84 Å². The molecule has 0 atom stereocenters. The van der Waals surface area contributed by atoms with Crippen LogP contribution in [-0.4, -0.2) is 11.1 Å². The van der Waals surface area contributed by atoms with Crippen molar-refractivity contribution < 1.29 is 14.6 Å². The van der Waals surface area contributed by atoms with Gasteiger partial charge in [-0.2, -0.15) is 0 Å². The predicted molar refractivity (Wildman–Crippen MR) is 73.6 cm³/mol. The van der Waals surface area contributed by atoms with Crippen molar-refractivity contribution in [2.24, 2.45) is 0 Å². The number of hydrogen-bond donors (Lipinski definition) is 1. The first kappa shape index (κ1) is 13.1.